The lowest BCUT2D eigenvalue weighted by molar-refractivity contribution is -0.0340. The predicted molar refractivity (Wildman–Crippen MR) is 81.1 cm³/mol. The molecule has 0 radical (unpaired) electrons. The highest BCUT2D eigenvalue weighted by Gasteiger charge is 2.28. The molecule has 0 amide bonds. The second kappa shape index (κ2) is 6.79. The maximum Gasteiger partial charge on any atom is 0.338 e. The highest BCUT2D eigenvalue weighted by molar-refractivity contribution is 5.89. The highest BCUT2D eigenvalue weighted by Crippen LogP contribution is 2.27. The van der Waals surface area contributed by atoms with Crippen molar-refractivity contribution < 1.29 is 18.7 Å². The molecule has 0 spiro atoms. The lowest BCUT2D eigenvalue weighted by atomic mass is 10.2. The van der Waals surface area contributed by atoms with Gasteiger partial charge in [0, 0.05) is 12.3 Å². The monoisotopic (exact) mass is 334 g/mol. The molecule has 0 saturated carbocycles. The molecular formula is C16H15FN2O5. The molecule has 2 atom stereocenters. The summed E-state index contributed by atoms with van der Waals surface area (Å²) in [6.07, 6.45) is 1.68. The van der Waals surface area contributed by atoms with Crippen LogP contribution in [0.5, 0.6) is 0 Å². The molecule has 24 heavy (non-hydrogen) atoms. The Morgan fingerprint density at radius 3 is 2.71 bits per heavy atom. The first-order valence-electron chi connectivity index (χ1n) is 7.42. The fourth-order valence-electron chi connectivity index (χ4n) is 2.51. The summed E-state index contributed by atoms with van der Waals surface area (Å²) in [7, 11) is 0. The zero-order valence-corrected chi connectivity index (χ0v) is 12.6. The van der Waals surface area contributed by atoms with Crippen LogP contribution in [0.1, 0.15) is 29.4 Å². The topological polar surface area (TPSA) is 90.4 Å². The maximum atomic E-state index is 12.8. The van der Waals surface area contributed by atoms with Gasteiger partial charge in [-0.05, 0) is 37.1 Å². The fraction of sp³-hybridized carbons (Fsp3) is 0.312. The van der Waals surface area contributed by atoms with E-state index in [2.05, 4.69) is 4.98 Å². The molecule has 1 aliphatic heterocycles. The number of benzene rings is 1. The number of carbonyl (C=O) groups is 1. The van der Waals surface area contributed by atoms with Crippen LogP contribution >= 0.6 is 0 Å². The molecule has 2 heterocycles. The molecule has 8 heteroatoms. The third-order valence-corrected chi connectivity index (χ3v) is 3.73. The molecule has 126 valence electrons. The van der Waals surface area contributed by atoms with Crippen LogP contribution in [0.25, 0.3) is 0 Å². The molecule has 0 bridgehead atoms. The molecular weight excluding hydrogens is 319 g/mol. The maximum absolute atomic E-state index is 12.8. The van der Waals surface area contributed by atoms with Crippen molar-refractivity contribution in [2.75, 3.05) is 6.61 Å². The van der Waals surface area contributed by atoms with Gasteiger partial charge in [0.2, 0.25) is 0 Å². The van der Waals surface area contributed by atoms with Crippen molar-refractivity contribution in [2.24, 2.45) is 0 Å². The van der Waals surface area contributed by atoms with E-state index >= 15 is 0 Å². The van der Waals surface area contributed by atoms with Crippen LogP contribution in [0.2, 0.25) is 0 Å². The molecule has 1 aliphatic rings. The minimum atomic E-state index is -0.566. The number of nitrogens with zero attached hydrogens (tertiary/aromatic N) is 1. The van der Waals surface area contributed by atoms with Crippen LogP contribution < -0.4 is 11.2 Å². The van der Waals surface area contributed by atoms with Crippen molar-refractivity contribution in [2.45, 2.75) is 25.2 Å². The number of rotatable bonds is 4. The van der Waals surface area contributed by atoms with E-state index in [4.69, 9.17) is 9.47 Å². The van der Waals surface area contributed by atoms with Crippen LogP contribution in [0, 0.1) is 5.82 Å². The van der Waals surface area contributed by atoms with Gasteiger partial charge in [0.1, 0.15) is 18.7 Å². The first kappa shape index (κ1) is 16.1. The Bertz CT molecular complexity index is 843. The Morgan fingerprint density at radius 2 is 2.00 bits per heavy atom. The van der Waals surface area contributed by atoms with Crippen molar-refractivity contribution >= 4 is 5.97 Å². The van der Waals surface area contributed by atoms with Crippen LogP contribution in [-0.2, 0) is 9.47 Å². The van der Waals surface area contributed by atoms with Crippen LogP contribution in [0.3, 0.4) is 0 Å². The Balaban J connectivity index is 1.56. The van der Waals surface area contributed by atoms with Crippen molar-refractivity contribution in [3.8, 4) is 0 Å². The van der Waals surface area contributed by atoms with E-state index in [0.29, 0.717) is 12.8 Å². The number of nitrogens with one attached hydrogen (secondary N) is 1. The first-order chi connectivity index (χ1) is 11.5. The summed E-state index contributed by atoms with van der Waals surface area (Å²) in [5, 5.41) is 0. The molecule has 7 nitrogen and oxygen atoms in total. The second-order valence-electron chi connectivity index (χ2n) is 5.41. The smallest absolute Gasteiger partial charge is 0.338 e. The largest absolute Gasteiger partial charge is 0.459 e. The number of H-pyrrole nitrogens is 1. The van der Waals surface area contributed by atoms with Crippen molar-refractivity contribution in [1.82, 2.24) is 9.55 Å². The minimum absolute atomic E-state index is 0.0326. The molecule has 1 aromatic heterocycles. The molecule has 1 fully saturated rings. The van der Waals surface area contributed by atoms with Crippen LogP contribution in [0.4, 0.5) is 4.39 Å². The number of aromatic amines is 1. The Hall–Kier alpha value is -2.74. The number of aromatic nitrogens is 2. The standard InChI is InChI=1S/C16H15FN2O5/c17-11-3-1-10(2-4-11)15(21)23-9-12-5-6-14(24-12)19-8-7-13(20)18-16(19)22/h1-4,7-8,12,14H,5-6,9H2,(H,18,20,22). The quantitative estimate of drug-likeness (QED) is 0.849. The summed E-state index contributed by atoms with van der Waals surface area (Å²) >= 11 is 0. The molecule has 1 N–H and O–H groups in total. The van der Waals surface area contributed by atoms with Crippen LogP contribution in [-0.4, -0.2) is 28.2 Å². The average Bonchev–Trinajstić information content (AvgIpc) is 3.02. The molecule has 1 saturated heterocycles. The van der Waals surface area contributed by atoms with Gasteiger partial charge in [-0.3, -0.25) is 14.3 Å². The van der Waals surface area contributed by atoms with E-state index in [0.717, 1.165) is 0 Å². The molecule has 3 rings (SSSR count). The normalized spacial score (nSPS) is 20.0. The van der Waals surface area contributed by atoms with E-state index in [1.165, 1.54) is 41.1 Å². The summed E-state index contributed by atoms with van der Waals surface area (Å²) in [5.41, 5.74) is -0.765. The number of carbonyl (C=O) groups excluding carboxylic acids is 1. The average molecular weight is 334 g/mol. The number of esters is 1. The van der Waals surface area contributed by atoms with Gasteiger partial charge in [-0.1, -0.05) is 0 Å². The summed E-state index contributed by atoms with van der Waals surface area (Å²) in [5.74, 6) is -0.997. The number of hydrogen-bond donors (Lipinski definition) is 1. The summed E-state index contributed by atoms with van der Waals surface area (Å²) in [4.78, 5) is 36.8. The Kier molecular flexibility index (Phi) is 4.57. The fourth-order valence-corrected chi connectivity index (χ4v) is 2.51. The molecule has 1 aromatic carbocycles. The molecule has 0 aliphatic carbocycles. The number of hydrogen-bond acceptors (Lipinski definition) is 5. The summed E-state index contributed by atoms with van der Waals surface area (Å²) in [6.45, 7) is 0.0326. The van der Waals surface area contributed by atoms with Crippen molar-refractivity contribution in [3.63, 3.8) is 0 Å². The van der Waals surface area contributed by atoms with Crippen molar-refractivity contribution in [3.05, 3.63) is 68.7 Å². The number of ether oxygens (including phenoxy) is 2. The predicted octanol–water partition coefficient (Wildman–Crippen LogP) is 1.21. The lowest BCUT2D eigenvalue weighted by Crippen LogP contribution is -2.31. The SMILES string of the molecule is O=C(OCC1CCC(n2ccc(=O)[nH]c2=O)O1)c1ccc(F)cc1. The Labute approximate surface area is 135 Å². The highest BCUT2D eigenvalue weighted by atomic mass is 19.1. The van der Waals surface area contributed by atoms with Crippen LogP contribution in [0.15, 0.2) is 46.1 Å². The summed E-state index contributed by atoms with van der Waals surface area (Å²) < 4.78 is 24.9. The third kappa shape index (κ3) is 3.60. The van der Waals surface area contributed by atoms with Gasteiger partial charge in [0.15, 0.2) is 0 Å². The third-order valence-electron chi connectivity index (χ3n) is 3.73. The lowest BCUT2D eigenvalue weighted by Gasteiger charge is -2.15. The number of halogens is 1. The summed E-state index contributed by atoms with van der Waals surface area (Å²) in [6, 6.07) is 6.29. The van der Waals surface area contributed by atoms with E-state index in [-0.39, 0.29) is 18.3 Å². The second-order valence-corrected chi connectivity index (χ2v) is 5.41. The zero-order chi connectivity index (χ0) is 17.1. The van der Waals surface area contributed by atoms with Gasteiger partial charge in [-0.2, -0.15) is 0 Å². The molecule has 2 aromatic rings. The van der Waals surface area contributed by atoms with Crippen molar-refractivity contribution in [1.29, 1.82) is 0 Å². The first-order valence-corrected chi connectivity index (χ1v) is 7.42. The van der Waals surface area contributed by atoms with Gasteiger partial charge in [0.25, 0.3) is 5.56 Å². The Morgan fingerprint density at radius 1 is 1.25 bits per heavy atom. The zero-order valence-electron chi connectivity index (χ0n) is 12.6. The molecule has 2 unspecified atom stereocenters. The minimum Gasteiger partial charge on any atom is -0.459 e. The van der Waals surface area contributed by atoms with Gasteiger partial charge < -0.3 is 9.47 Å². The van der Waals surface area contributed by atoms with Gasteiger partial charge in [-0.15, -0.1) is 0 Å². The van der Waals surface area contributed by atoms with E-state index in [9.17, 15) is 18.8 Å². The van der Waals surface area contributed by atoms with Gasteiger partial charge in [-0.25, -0.2) is 14.0 Å². The van der Waals surface area contributed by atoms with Gasteiger partial charge in [0.05, 0.1) is 11.7 Å². The van der Waals surface area contributed by atoms with E-state index < -0.39 is 29.3 Å². The van der Waals surface area contributed by atoms with E-state index in [1.807, 2.05) is 0 Å². The van der Waals surface area contributed by atoms with E-state index in [1.54, 1.807) is 0 Å². The van der Waals surface area contributed by atoms with Gasteiger partial charge >= 0.3 is 11.7 Å².